The van der Waals surface area contributed by atoms with Crippen LogP contribution in [0.1, 0.15) is 27.7 Å². The van der Waals surface area contributed by atoms with Crippen molar-refractivity contribution in [3.63, 3.8) is 0 Å². The van der Waals surface area contributed by atoms with Crippen LogP contribution in [0, 0.1) is 5.41 Å². The number of carbonyl (C=O) groups is 2. The summed E-state index contributed by atoms with van der Waals surface area (Å²) in [7, 11) is 0. The van der Waals surface area contributed by atoms with Crippen LogP contribution in [0.15, 0.2) is 18.2 Å². The molecule has 6 nitrogen and oxygen atoms in total. The Labute approximate surface area is 164 Å². The van der Waals surface area contributed by atoms with E-state index in [1.54, 1.807) is 13.0 Å². The highest BCUT2D eigenvalue weighted by Crippen LogP contribution is 2.29. The molecule has 1 aromatic carbocycles. The van der Waals surface area contributed by atoms with Gasteiger partial charge in [-0.2, -0.15) is 0 Å². The highest BCUT2D eigenvalue weighted by Gasteiger charge is 2.23. The molecular weight excluding hydrogens is 372 g/mol. The maximum absolute atomic E-state index is 12.0. The monoisotopic (exact) mass is 396 g/mol. The first kappa shape index (κ1) is 20.5. The summed E-state index contributed by atoms with van der Waals surface area (Å²) < 4.78 is 0. The molecule has 0 aromatic heterocycles. The summed E-state index contributed by atoms with van der Waals surface area (Å²) in [5.74, 6) is -0.0535. The van der Waals surface area contributed by atoms with Gasteiger partial charge in [-0.05, 0) is 30.4 Å². The van der Waals surface area contributed by atoms with Crippen molar-refractivity contribution in [2.75, 3.05) is 36.4 Å². The highest BCUT2D eigenvalue weighted by molar-refractivity contribution is 7.80. The minimum absolute atomic E-state index is 0.0983. The molecule has 0 atom stereocenters. The van der Waals surface area contributed by atoms with Crippen molar-refractivity contribution >= 4 is 52.1 Å². The van der Waals surface area contributed by atoms with Crippen molar-refractivity contribution in [2.45, 2.75) is 27.7 Å². The predicted molar refractivity (Wildman–Crippen MR) is 110 cm³/mol. The van der Waals surface area contributed by atoms with Gasteiger partial charge in [-0.3, -0.25) is 9.59 Å². The van der Waals surface area contributed by atoms with Crippen molar-refractivity contribution in [2.24, 2.45) is 5.41 Å². The van der Waals surface area contributed by atoms with Gasteiger partial charge in [0.2, 0.25) is 11.8 Å². The second-order valence-corrected chi connectivity index (χ2v) is 8.13. The molecule has 0 aliphatic carbocycles. The third kappa shape index (κ3) is 5.32. The van der Waals surface area contributed by atoms with Gasteiger partial charge in [0.25, 0.3) is 0 Å². The zero-order valence-electron chi connectivity index (χ0n) is 15.6. The first-order chi connectivity index (χ1) is 12.1. The van der Waals surface area contributed by atoms with E-state index in [1.165, 1.54) is 0 Å². The Balaban J connectivity index is 1.98. The molecule has 1 fully saturated rings. The van der Waals surface area contributed by atoms with Crippen LogP contribution in [-0.4, -0.2) is 48.0 Å². The third-order valence-corrected chi connectivity index (χ3v) is 4.69. The second-order valence-electron chi connectivity index (χ2n) is 7.32. The van der Waals surface area contributed by atoms with Gasteiger partial charge < -0.3 is 20.4 Å². The van der Waals surface area contributed by atoms with Crippen LogP contribution in [0.4, 0.5) is 11.4 Å². The predicted octanol–water partition coefficient (Wildman–Crippen LogP) is 2.87. The average molecular weight is 397 g/mol. The van der Waals surface area contributed by atoms with E-state index in [-0.39, 0.29) is 16.9 Å². The number of nitrogens with one attached hydrogen (secondary N) is 2. The van der Waals surface area contributed by atoms with Gasteiger partial charge in [-0.25, -0.2) is 0 Å². The Hall–Kier alpha value is -1.86. The fourth-order valence-corrected chi connectivity index (χ4v) is 3.07. The van der Waals surface area contributed by atoms with Crippen LogP contribution in [0.5, 0.6) is 0 Å². The molecule has 0 radical (unpaired) electrons. The molecule has 8 heteroatoms. The molecule has 142 valence electrons. The fourth-order valence-electron chi connectivity index (χ4n) is 2.56. The number of hydrogen-bond donors (Lipinski definition) is 2. The first-order valence-electron chi connectivity index (χ1n) is 8.50. The van der Waals surface area contributed by atoms with Crippen molar-refractivity contribution in [3.05, 3.63) is 23.2 Å². The van der Waals surface area contributed by atoms with Gasteiger partial charge in [0.15, 0.2) is 5.11 Å². The number of amides is 2. The van der Waals surface area contributed by atoms with Crippen LogP contribution >= 0.6 is 23.8 Å². The summed E-state index contributed by atoms with van der Waals surface area (Å²) in [5.41, 5.74) is 1.11. The minimum atomic E-state index is -0.519. The van der Waals surface area contributed by atoms with Crippen LogP contribution in [0.2, 0.25) is 5.02 Å². The molecule has 1 saturated heterocycles. The van der Waals surface area contributed by atoms with Crippen molar-refractivity contribution in [1.29, 1.82) is 0 Å². The number of hydrogen-bond acceptors (Lipinski definition) is 4. The zero-order valence-corrected chi connectivity index (χ0v) is 17.1. The van der Waals surface area contributed by atoms with E-state index in [0.29, 0.717) is 23.8 Å². The largest absolute Gasteiger partial charge is 0.367 e. The summed E-state index contributed by atoms with van der Waals surface area (Å²) in [5, 5.41) is 6.49. The summed E-state index contributed by atoms with van der Waals surface area (Å²) in [4.78, 5) is 27.4. The lowest BCUT2D eigenvalue weighted by Crippen LogP contribution is -2.48. The molecule has 0 bridgehead atoms. The van der Waals surface area contributed by atoms with E-state index >= 15 is 0 Å². The molecule has 1 aliphatic rings. The van der Waals surface area contributed by atoms with Gasteiger partial charge in [0.1, 0.15) is 0 Å². The van der Waals surface area contributed by atoms with Gasteiger partial charge >= 0.3 is 0 Å². The lowest BCUT2D eigenvalue weighted by atomic mass is 9.96. The van der Waals surface area contributed by atoms with Crippen LogP contribution in [0.25, 0.3) is 0 Å². The molecular formula is C18H25ClN4O2S. The summed E-state index contributed by atoms with van der Waals surface area (Å²) >= 11 is 11.6. The maximum atomic E-state index is 12.0. The van der Waals surface area contributed by atoms with E-state index < -0.39 is 5.41 Å². The molecule has 1 aromatic rings. The third-order valence-electron chi connectivity index (χ3n) is 4.18. The molecule has 0 spiro atoms. The molecule has 1 heterocycles. The quantitative estimate of drug-likeness (QED) is 0.752. The number of nitrogens with zero attached hydrogens (tertiary/aromatic N) is 2. The number of rotatable bonds is 2. The maximum Gasteiger partial charge on any atom is 0.231 e. The number of anilines is 2. The normalized spacial score (nSPS) is 14.8. The van der Waals surface area contributed by atoms with Gasteiger partial charge in [-0.1, -0.05) is 32.4 Å². The summed E-state index contributed by atoms with van der Waals surface area (Å²) in [6, 6.07) is 5.57. The number of halogens is 1. The molecule has 1 aliphatic heterocycles. The van der Waals surface area contributed by atoms with Crippen LogP contribution < -0.4 is 15.5 Å². The number of benzene rings is 1. The Morgan fingerprint density at radius 2 is 1.77 bits per heavy atom. The Bertz CT molecular complexity index is 710. The standard InChI is InChI=1S/C18H25ClN4O2S/c1-12(24)22-7-9-23(10-8-22)15-6-5-13(11-14(15)19)20-17(26)21-16(25)18(2,3)4/h5-6,11H,7-10H2,1-4H3,(H2,20,21,25,26). The summed E-state index contributed by atoms with van der Waals surface area (Å²) in [6.45, 7) is 9.92. The minimum Gasteiger partial charge on any atom is -0.367 e. The Morgan fingerprint density at radius 3 is 2.27 bits per heavy atom. The van der Waals surface area contributed by atoms with Crippen LogP contribution in [0.3, 0.4) is 0 Å². The number of thiocarbonyl (C=S) groups is 1. The Morgan fingerprint density at radius 1 is 1.15 bits per heavy atom. The van der Waals surface area contributed by atoms with Gasteiger partial charge in [0.05, 0.1) is 10.7 Å². The van der Waals surface area contributed by atoms with Gasteiger partial charge in [-0.15, -0.1) is 0 Å². The number of carbonyl (C=O) groups excluding carboxylic acids is 2. The van der Waals surface area contributed by atoms with Crippen molar-refractivity contribution < 1.29 is 9.59 Å². The van der Waals surface area contributed by atoms with Gasteiger partial charge in [0, 0.05) is 44.2 Å². The fraction of sp³-hybridized carbons (Fsp3) is 0.500. The highest BCUT2D eigenvalue weighted by atomic mass is 35.5. The molecule has 2 rings (SSSR count). The van der Waals surface area contributed by atoms with E-state index in [0.717, 1.165) is 18.8 Å². The molecule has 26 heavy (non-hydrogen) atoms. The molecule has 2 N–H and O–H groups in total. The smallest absolute Gasteiger partial charge is 0.231 e. The molecule has 2 amide bonds. The summed E-state index contributed by atoms with van der Waals surface area (Å²) in [6.07, 6.45) is 0. The second kappa shape index (κ2) is 8.22. The number of piperazine rings is 1. The van der Waals surface area contributed by atoms with E-state index in [2.05, 4.69) is 15.5 Å². The average Bonchev–Trinajstić information content (AvgIpc) is 2.54. The molecule has 0 unspecified atom stereocenters. The SMILES string of the molecule is CC(=O)N1CCN(c2ccc(NC(=S)NC(=O)C(C)(C)C)cc2Cl)CC1. The zero-order chi connectivity index (χ0) is 19.5. The topological polar surface area (TPSA) is 64.7 Å². The lowest BCUT2D eigenvalue weighted by molar-refractivity contribution is -0.129. The van der Waals surface area contributed by atoms with E-state index in [1.807, 2.05) is 37.8 Å². The van der Waals surface area contributed by atoms with E-state index in [4.69, 9.17) is 23.8 Å². The van der Waals surface area contributed by atoms with Crippen molar-refractivity contribution in [1.82, 2.24) is 10.2 Å². The molecule has 0 saturated carbocycles. The van der Waals surface area contributed by atoms with Crippen molar-refractivity contribution in [3.8, 4) is 0 Å². The van der Waals surface area contributed by atoms with Crippen LogP contribution in [-0.2, 0) is 9.59 Å². The van der Waals surface area contributed by atoms with E-state index in [9.17, 15) is 9.59 Å². The Kier molecular flexibility index (Phi) is 6.47. The lowest BCUT2D eigenvalue weighted by Gasteiger charge is -2.36. The first-order valence-corrected chi connectivity index (χ1v) is 9.29.